The number of amides is 8. The number of allylic oxidation sites excluding steroid dienone is 4. The molecule has 0 spiro atoms. The van der Waals surface area contributed by atoms with E-state index in [1.54, 1.807) is 45.0 Å². The van der Waals surface area contributed by atoms with Crippen molar-refractivity contribution in [2.45, 2.75) is 65.1 Å². The molecule has 1 aromatic carbocycles. The number of anilines is 1. The minimum absolute atomic E-state index is 0.00165. The van der Waals surface area contributed by atoms with Crippen molar-refractivity contribution in [2.24, 2.45) is 17.6 Å². The predicted octanol–water partition coefficient (Wildman–Crippen LogP) is 2.30. The van der Waals surface area contributed by atoms with E-state index in [0.717, 1.165) is 23.9 Å². The summed E-state index contributed by atoms with van der Waals surface area (Å²) in [5.41, 5.74) is 6.06. The molecule has 0 saturated carbocycles. The standard InChI is InChI=1S/C40H53N9O12S/c1-6-33(51)46-22-47(34(52)7-2)24-48(23-46)35(53)16-18-62-21-32(50)45-36(25(3)4)38(55)44-30(9-8-17-42-39(41)56)37(54)43-28-12-10-27(11-13-28)20-60-40(57)61-31-15-14-29(49(58)59)19-26(31)5/h6-7,10-15,25-26,30,36H,1-2,8-9,16-24H2,3-5H3,(H,43,54)(H,44,55)(H,45,50)(H3,41,42,56)/t26?,30-,36?/m1/s1. The molecule has 6 N–H and O–H groups in total. The molecule has 3 atom stereocenters. The first-order chi connectivity index (χ1) is 29.4. The highest BCUT2D eigenvalue weighted by molar-refractivity contribution is 7.99. The second kappa shape index (κ2) is 24.5. The lowest BCUT2D eigenvalue weighted by Crippen LogP contribution is -2.59. The number of carbonyl (C=O) groups is 8. The summed E-state index contributed by atoms with van der Waals surface area (Å²) in [4.78, 5) is 115. The van der Waals surface area contributed by atoms with Gasteiger partial charge in [0.05, 0.1) is 30.7 Å². The minimum atomic E-state index is -1.11. The van der Waals surface area contributed by atoms with Gasteiger partial charge in [0.2, 0.25) is 41.1 Å². The Hall–Kier alpha value is -6.71. The Bertz CT molecular complexity index is 1910. The number of nitrogens with two attached hydrogens (primary N) is 1. The van der Waals surface area contributed by atoms with Gasteiger partial charge >= 0.3 is 12.2 Å². The van der Waals surface area contributed by atoms with Crippen LogP contribution in [0.4, 0.5) is 15.3 Å². The monoisotopic (exact) mass is 883 g/mol. The van der Waals surface area contributed by atoms with Crippen molar-refractivity contribution in [3.05, 3.63) is 88.9 Å². The summed E-state index contributed by atoms with van der Waals surface area (Å²) in [6.07, 6.45) is 4.25. The van der Waals surface area contributed by atoms with E-state index in [0.29, 0.717) is 11.3 Å². The molecule has 0 bridgehead atoms. The Kier molecular flexibility index (Phi) is 19.6. The Morgan fingerprint density at radius 2 is 1.58 bits per heavy atom. The fourth-order valence-corrected chi connectivity index (χ4v) is 6.74. The van der Waals surface area contributed by atoms with Crippen molar-refractivity contribution in [1.82, 2.24) is 30.7 Å². The molecule has 62 heavy (non-hydrogen) atoms. The highest BCUT2D eigenvalue weighted by Gasteiger charge is 2.32. The number of rotatable bonds is 21. The van der Waals surface area contributed by atoms with Crippen LogP contribution in [0.3, 0.4) is 0 Å². The first-order valence-electron chi connectivity index (χ1n) is 19.5. The lowest BCUT2D eigenvalue weighted by molar-refractivity contribution is -0.429. The molecular weight excluding hydrogens is 831 g/mol. The van der Waals surface area contributed by atoms with Crippen LogP contribution in [-0.4, -0.2) is 117 Å². The Labute approximate surface area is 362 Å². The van der Waals surface area contributed by atoms with Crippen molar-refractivity contribution in [1.29, 1.82) is 0 Å². The van der Waals surface area contributed by atoms with Crippen molar-refractivity contribution in [3.8, 4) is 0 Å². The number of primary amides is 1. The van der Waals surface area contributed by atoms with Crippen LogP contribution in [0, 0.1) is 22.0 Å². The average Bonchev–Trinajstić information content (AvgIpc) is 3.24. The van der Waals surface area contributed by atoms with Gasteiger partial charge in [-0.15, -0.1) is 0 Å². The van der Waals surface area contributed by atoms with Crippen molar-refractivity contribution >= 4 is 65.1 Å². The molecule has 1 heterocycles. The molecule has 336 valence electrons. The number of urea groups is 1. The maximum atomic E-state index is 13.6. The summed E-state index contributed by atoms with van der Waals surface area (Å²) in [5.74, 6) is -3.42. The highest BCUT2D eigenvalue weighted by Crippen LogP contribution is 2.26. The smallest absolute Gasteiger partial charge is 0.429 e. The van der Waals surface area contributed by atoms with E-state index in [9.17, 15) is 48.5 Å². The topological polar surface area (TPSA) is 282 Å². The first-order valence-corrected chi connectivity index (χ1v) is 20.7. The minimum Gasteiger partial charge on any atom is -0.429 e. The molecule has 1 aliphatic carbocycles. The van der Waals surface area contributed by atoms with Crippen LogP contribution in [0.25, 0.3) is 0 Å². The van der Waals surface area contributed by atoms with Crippen molar-refractivity contribution in [3.63, 3.8) is 0 Å². The fraction of sp³-hybridized carbons (Fsp3) is 0.450. The fourth-order valence-electron chi connectivity index (χ4n) is 6.00. The molecule has 21 nitrogen and oxygen atoms in total. The van der Waals surface area contributed by atoms with E-state index in [1.165, 1.54) is 26.9 Å². The quantitative estimate of drug-likeness (QED) is 0.0390. The SMILES string of the molecule is C=CC(=O)N1CN(C(=O)C=C)CN(C(=O)CCSCC(=O)NC(C(=O)N[C@H](CCCNC(N)=O)C(=O)Nc2ccc(COC(=O)OC3=CC=C([N+](=O)[O-])CC3C)cc2)C(C)C)C1. The summed E-state index contributed by atoms with van der Waals surface area (Å²) >= 11 is 1.14. The van der Waals surface area contributed by atoms with E-state index in [1.807, 2.05) is 0 Å². The zero-order valence-corrected chi connectivity index (χ0v) is 35.6. The molecular formula is C40H53N9O12S. The largest absolute Gasteiger partial charge is 0.513 e. The predicted molar refractivity (Wildman–Crippen MR) is 226 cm³/mol. The summed E-state index contributed by atoms with van der Waals surface area (Å²) in [6, 6.07) is 3.38. The molecule has 0 aromatic heterocycles. The first kappa shape index (κ1) is 49.7. The molecule has 22 heteroatoms. The maximum Gasteiger partial charge on any atom is 0.513 e. The van der Waals surface area contributed by atoms with Crippen LogP contribution in [0.15, 0.2) is 73.2 Å². The number of nitrogens with zero attached hydrogens (tertiary/aromatic N) is 4. The van der Waals surface area contributed by atoms with Gasteiger partial charge in [0, 0.05) is 42.8 Å². The summed E-state index contributed by atoms with van der Waals surface area (Å²) in [7, 11) is 0. The van der Waals surface area contributed by atoms with Crippen LogP contribution in [-0.2, 0) is 44.8 Å². The number of benzene rings is 1. The summed E-state index contributed by atoms with van der Waals surface area (Å²) < 4.78 is 10.4. The van der Waals surface area contributed by atoms with E-state index < -0.39 is 70.6 Å². The number of thioether (sulfide) groups is 1. The molecule has 0 radical (unpaired) electrons. The highest BCUT2D eigenvalue weighted by atomic mass is 32.2. The second-order valence-corrected chi connectivity index (χ2v) is 15.6. The van der Waals surface area contributed by atoms with Gasteiger partial charge in [0.15, 0.2) is 0 Å². The van der Waals surface area contributed by atoms with Gasteiger partial charge < -0.3 is 51.2 Å². The van der Waals surface area contributed by atoms with Gasteiger partial charge in [0.1, 0.15) is 24.4 Å². The van der Waals surface area contributed by atoms with Gasteiger partial charge in [0.25, 0.3) is 0 Å². The van der Waals surface area contributed by atoms with Crippen LogP contribution in [0.1, 0.15) is 52.0 Å². The number of hydrogen-bond donors (Lipinski definition) is 5. The molecule has 1 aromatic rings. The average molecular weight is 884 g/mol. The zero-order chi connectivity index (χ0) is 45.9. The Morgan fingerprint density at radius 1 is 0.952 bits per heavy atom. The second-order valence-electron chi connectivity index (χ2n) is 14.5. The van der Waals surface area contributed by atoms with Gasteiger partial charge in [-0.1, -0.05) is 46.1 Å². The maximum absolute atomic E-state index is 13.6. The zero-order valence-electron chi connectivity index (χ0n) is 34.8. The van der Waals surface area contributed by atoms with Crippen LogP contribution in [0.2, 0.25) is 0 Å². The van der Waals surface area contributed by atoms with E-state index in [2.05, 4.69) is 34.4 Å². The van der Waals surface area contributed by atoms with Crippen LogP contribution < -0.4 is 27.0 Å². The van der Waals surface area contributed by atoms with Crippen molar-refractivity contribution < 1.29 is 52.8 Å². The number of nitro groups is 1. The molecule has 2 unspecified atom stereocenters. The third-order valence-corrected chi connectivity index (χ3v) is 10.3. The van der Waals surface area contributed by atoms with Crippen LogP contribution >= 0.6 is 11.8 Å². The molecule has 2 aliphatic rings. The summed E-state index contributed by atoms with van der Waals surface area (Å²) in [6.45, 7) is 11.9. The molecule has 1 saturated heterocycles. The van der Waals surface area contributed by atoms with Crippen LogP contribution in [0.5, 0.6) is 0 Å². The number of carbonyl (C=O) groups excluding carboxylic acids is 8. The van der Waals surface area contributed by atoms with Crippen molar-refractivity contribution in [2.75, 3.05) is 43.4 Å². The van der Waals surface area contributed by atoms with E-state index in [-0.39, 0.29) is 87.7 Å². The molecule has 8 amide bonds. The Balaban J connectivity index is 1.54. The van der Waals surface area contributed by atoms with E-state index >= 15 is 0 Å². The molecule has 1 fully saturated rings. The van der Waals surface area contributed by atoms with Gasteiger partial charge in [-0.3, -0.25) is 38.9 Å². The Morgan fingerprint density at radius 3 is 2.15 bits per heavy atom. The third-order valence-electron chi connectivity index (χ3n) is 9.37. The molecule has 1 aliphatic heterocycles. The van der Waals surface area contributed by atoms with Gasteiger partial charge in [-0.25, -0.2) is 9.59 Å². The molecule has 3 rings (SSSR count). The number of ether oxygens (including phenoxy) is 2. The van der Waals surface area contributed by atoms with Gasteiger partial charge in [-0.05, 0) is 54.7 Å². The van der Waals surface area contributed by atoms with E-state index in [4.69, 9.17) is 15.2 Å². The third kappa shape index (κ3) is 16.0. The lowest BCUT2D eigenvalue weighted by atomic mass is 9.98. The van der Waals surface area contributed by atoms with Gasteiger partial charge in [-0.2, -0.15) is 11.8 Å². The number of hydrogen-bond acceptors (Lipinski definition) is 13. The number of nitrogens with one attached hydrogen (secondary N) is 4. The normalized spacial score (nSPS) is 15.7. The summed E-state index contributed by atoms with van der Waals surface area (Å²) in [5, 5.41) is 21.6. The lowest BCUT2D eigenvalue weighted by Gasteiger charge is -2.41.